The molecule has 1 aliphatic carbocycles. The molecule has 7 heteroatoms. The molecule has 0 spiro atoms. The highest BCUT2D eigenvalue weighted by Crippen LogP contribution is 2.47. The molecule has 5 rings (SSSR count). The standard InChI is InChI=1S/C26H26N4O3/c1-27-25(33)23-24(32)22(31)16-29(28-23)17-26(14-6-7-15-26)30-20-10-4-2-8-18(20)12-13-19-9-3-5-11-21(19)30/h2-5,8-13,16,31H,6-7,14-15,17H2,1H3,(H,27,33). The van der Waals surface area contributed by atoms with Crippen LogP contribution in [0, 0.1) is 0 Å². The van der Waals surface area contributed by atoms with E-state index < -0.39 is 17.1 Å². The van der Waals surface area contributed by atoms with Gasteiger partial charge in [-0.15, -0.1) is 0 Å². The van der Waals surface area contributed by atoms with Crippen LogP contribution in [0.1, 0.15) is 47.3 Å². The van der Waals surface area contributed by atoms with E-state index in [1.54, 1.807) is 4.68 Å². The van der Waals surface area contributed by atoms with Gasteiger partial charge in [-0.25, -0.2) is 0 Å². The molecule has 1 fully saturated rings. The summed E-state index contributed by atoms with van der Waals surface area (Å²) in [4.78, 5) is 26.9. The minimum atomic E-state index is -0.763. The molecule has 0 bridgehead atoms. The van der Waals surface area contributed by atoms with Gasteiger partial charge < -0.3 is 15.3 Å². The van der Waals surface area contributed by atoms with Crippen LogP contribution in [0.15, 0.2) is 59.5 Å². The Morgan fingerprint density at radius 3 is 2.18 bits per heavy atom. The highest BCUT2D eigenvalue weighted by molar-refractivity contribution is 5.92. The number of hydrogen-bond donors (Lipinski definition) is 2. The summed E-state index contributed by atoms with van der Waals surface area (Å²) in [5.74, 6) is -1.09. The van der Waals surface area contributed by atoms with Crippen LogP contribution in [-0.2, 0) is 6.54 Å². The maximum atomic E-state index is 12.3. The molecular formula is C26H26N4O3. The van der Waals surface area contributed by atoms with Gasteiger partial charge in [0.2, 0.25) is 0 Å². The van der Waals surface area contributed by atoms with Crippen molar-refractivity contribution in [3.63, 3.8) is 0 Å². The van der Waals surface area contributed by atoms with Crippen molar-refractivity contribution in [3.05, 3.63) is 81.8 Å². The number of nitrogens with one attached hydrogen (secondary N) is 1. The monoisotopic (exact) mass is 442 g/mol. The third kappa shape index (κ3) is 3.59. The van der Waals surface area contributed by atoms with Crippen molar-refractivity contribution in [1.29, 1.82) is 0 Å². The van der Waals surface area contributed by atoms with E-state index in [9.17, 15) is 14.7 Å². The Labute approximate surface area is 192 Å². The zero-order valence-electron chi connectivity index (χ0n) is 18.5. The van der Waals surface area contributed by atoms with E-state index in [4.69, 9.17) is 0 Å². The third-order valence-electron chi connectivity index (χ3n) is 6.65. The molecule has 1 amide bonds. The summed E-state index contributed by atoms with van der Waals surface area (Å²) in [6.07, 6.45) is 9.57. The Bertz CT molecular complexity index is 1260. The number of anilines is 2. The molecule has 0 unspecified atom stereocenters. The summed E-state index contributed by atoms with van der Waals surface area (Å²) in [6, 6.07) is 16.7. The molecule has 2 N–H and O–H groups in total. The first-order valence-corrected chi connectivity index (χ1v) is 11.2. The average Bonchev–Trinajstić information content (AvgIpc) is 3.22. The van der Waals surface area contributed by atoms with Gasteiger partial charge in [0.15, 0.2) is 11.4 Å². The minimum Gasteiger partial charge on any atom is -0.503 e. The first kappa shape index (κ1) is 21.0. The average molecular weight is 443 g/mol. The minimum absolute atomic E-state index is 0.302. The van der Waals surface area contributed by atoms with E-state index in [0.717, 1.165) is 48.2 Å². The second-order valence-corrected chi connectivity index (χ2v) is 8.69. The third-order valence-corrected chi connectivity index (χ3v) is 6.65. The van der Waals surface area contributed by atoms with Crippen LogP contribution in [0.2, 0.25) is 0 Å². The molecule has 2 aliphatic rings. The Kier molecular flexibility index (Phi) is 5.24. The topological polar surface area (TPSA) is 87.5 Å². The van der Waals surface area contributed by atoms with Gasteiger partial charge in [0, 0.05) is 18.4 Å². The Balaban J connectivity index is 1.68. The van der Waals surface area contributed by atoms with Gasteiger partial charge >= 0.3 is 0 Å². The lowest BCUT2D eigenvalue weighted by atomic mass is 9.91. The molecule has 2 heterocycles. The van der Waals surface area contributed by atoms with Crippen molar-refractivity contribution in [2.24, 2.45) is 0 Å². The molecule has 7 nitrogen and oxygen atoms in total. The zero-order chi connectivity index (χ0) is 23.0. The van der Waals surface area contributed by atoms with Gasteiger partial charge in [0.25, 0.3) is 11.3 Å². The number of aromatic nitrogens is 2. The van der Waals surface area contributed by atoms with Crippen molar-refractivity contribution in [3.8, 4) is 5.75 Å². The van der Waals surface area contributed by atoms with Crippen LogP contribution in [0.3, 0.4) is 0 Å². The number of fused-ring (bicyclic) bond motifs is 2. The van der Waals surface area contributed by atoms with Gasteiger partial charge in [-0.1, -0.05) is 61.4 Å². The molecule has 33 heavy (non-hydrogen) atoms. The van der Waals surface area contributed by atoms with Gasteiger partial charge in [0.1, 0.15) is 0 Å². The predicted molar refractivity (Wildman–Crippen MR) is 129 cm³/mol. The molecule has 0 radical (unpaired) electrons. The predicted octanol–water partition coefficient (Wildman–Crippen LogP) is 3.94. The lowest BCUT2D eigenvalue weighted by molar-refractivity contribution is 0.0953. The number of rotatable bonds is 4. The van der Waals surface area contributed by atoms with E-state index in [1.807, 2.05) is 24.3 Å². The number of benzene rings is 2. The number of hydrogen-bond acceptors (Lipinski definition) is 5. The van der Waals surface area contributed by atoms with E-state index in [-0.39, 0.29) is 11.2 Å². The summed E-state index contributed by atoms with van der Waals surface area (Å²) >= 11 is 0. The number of nitrogens with zero attached hydrogens (tertiary/aromatic N) is 3. The summed E-state index contributed by atoms with van der Waals surface area (Å²) in [5, 5.41) is 17.0. The Morgan fingerprint density at radius 1 is 1.03 bits per heavy atom. The molecule has 1 aliphatic heterocycles. The number of amides is 1. The Hall–Kier alpha value is -3.87. The molecule has 3 aromatic rings. The second-order valence-electron chi connectivity index (χ2n) is 8.69. The Morgan fingerprint density at radius 2 is 1.61 bits per heavy atom. The maximum absolute atomic E-state index is 12.3. The molecule has 0 atom stereocenters. The highest BCUT2D eigenvalue weighted by atomic mass is 16.3. The zero-order valence-corrected chi connectivity index (χ0v) is 18.5. The normalized spacial score (nSPS) is 16.1. The lowest BCUT2D eigenvalue weighted by Crippen LogP contribution is -2.48. The highest BCUT2D eigenvalue weighted by Gasteiger charge is 2.43. The largest absolute Gasteiger partial charge is 0.503 e. The molecule has 1 aromatic heterocycles. The smallest absolute Gasteiger partial charge is 0.275 e. The van der Waals surface area contributed by atoms with Crippen molar-refractivity contribution < 1.29 is 9.90 Å². The van der Waals surface area contributed by atoms with Crippen molar-refractivity contribution in [2.45, 2.75) is 37.8 Å². The number of aromatic hydroxyl groups is 1. The lowest BCUT2D eigenvalue weighted by Gasteiger charge is -2.44. The summed E-state index contributed by atoms with van der Waals surface area (Å²) in [6.45, 7) is 0.424. The first-order valence-electron chi connectivity index (χ1n) is 11.2. The summed E-state index contributed by atoms with van der Waals surface area (Å²) in [5.41, 5.74) is 3.06. The SMILES string of the molecule is CNC(=O)c1nn(CC2(N3c4ccccc4C=Cc4ccccc43)CCCC2)cc(O)c1=O. The van der Waals surface area contributed by atoms with Gasteiger partial charge in [-0.2, -0.15) is 5.10 Å². The van der Waals surface area contributed by atoms with Crippen LogP contribution in [0.25, 0.3) is 12.2 Å². The fourth-order valence-corrected chi connectivity index (χ4v) is 5.14. The molecular weight excluding hydrogens is 416 g/mol. The van der Waals surface area contributed by atoms with Crippen LogP contribution < -0.4 is 15.6 Å². The number of carbonyl (C=O) groups is 1. The van der Waals surface area contributed by atoms with Gasteiger partial charge in [-0.3, -0.25) is 14.3 Å². The quantitative estimate of drug-likeness (QED) is 0.639. The second kappa shape index (κ2) is 8.24. The van der Waals surface area contributed by atoms with E-state index in [1.165, 1.54) is 13.2 Å². The van der Waals surface area contributed by atoms with Gasteiger partial charge in [0.05, 0.1) is 18.3 Å². The molecule has 2 aromatic carbocycles. The first-order chi connectivity index (χ1) is 16.0. The van der Waals surface area contributed by atoms with Crippen LogP contribution >= 0.6 is 0 Å². The van der Waals surface area contributed by atoms with E-state index in [0.29, 0.717) is 6.54 Å². The molecule has 1 saturated carbocycles. The van der Waals surface area contributed by atoms with E-state index in [2.05, 4.69) is 51.7 Å². The van der Waals surface area contributed by atoms with Crippen molar-refractivity contribution >= 4 is 29.4 Å². The number of para-hydroxylation sites is 2. The van der Waals surface area contributed by atoms with E-state index >= 15 is 0 Å². The van der Waals surface area contributed by atoms with Crippen molar-refractivity contribution in [2.75, 3.05) is 11.9 Å². The van der Waals surface area contributed by atoms with Crippen LogP contribution in [-0.4, -0.2) is 33.4 Å². The van der Waals surface area contributed by atoms with Crippen LogP contribution in [0.5, 0.6) is 5.75 Å². The fraction of sp³-hybridized carbons (Fsp3) is 0.269. The van der Waals surface area contributed by atoms with Crippen molar-refractivity contribution in [1.82, 2.24) is 15.1 Å². The maximum Gasteiger partial charge on any atom is 0.275 e. The molecule has 168 valence electrons. The van der Waals surface area contributed by atoms with Gasteiger partial charge in [-0.05, 0) is 36.1 Å². The summed E-state index contributed by atoms with van der Waals surface area (Å²) in [7, 11) is 1.44. The van der Waals surface area contributed by atoms with Crippen LogP contribution in [0.4, 0.5) is 11.4 Å². The molecule has 0 saturated heterocycles. The number of carbonyl (C=O) groups excluding carboxylic acids is 1. The fourth-order valence-electron chi connectivity index (χ4n) is 5.14. The summed E-state index contributed by atoms with van der Waals surface area (Å²) < 4.78 is 1.55.